The second-order valence-electron chi connectivity index (χ2n) is 4.32. The molecular weight excluding hydrogens is 148 g/mol. The summed E-state index contributed by atoms with van der Waals surface area (Å²) in [7, 11) is 0. The molecule has 74 valence electrons. The summed E-state index contributed by atoms with van der Waals surface area (Å²) in [6.45, 7) is 8.65. The third-order valence-electron chi connectivity index (χ3n) is 2.33. The highest BCUT2D eigenvalue weighted by atomic mass is 16.3. The highest BCUT2D eigenvalue weighted by Gasteiger charge is 2.09. The topological polar surface area (TPSA) is 20.2 Å². The molecule has 12 heavy (non-hydrogen) atoms. The average Bonchev–Trinajstić information content (AvgIpc) is 1.84. The number of aliphatic hydroxyl groups excluding tert-OH is 1. The number of hydrogen-bond donors (Lipinski definition) is 1. The molecule has 1 nitrogen and oxygen atoms in total. The van der Waals surface area contributed by atoms with Gasteiger partial charge in [0.1, 0.15) is 0 Å². The van der Waals surface area contributed by atoms with E-state index in [1.54, 1.807) is 0 Å². The molecule has 0 aliphatic heterocycles. The molecule has 0 saturated carbocycles. The third-order valence-corrected chi connectivity index (χ3v) is 2.33. The van der Waals surface area contributed by atoms with Gasteiger partial charge >= 0.3 is 0 Å². The molecule has 0 aliphatic carbocycles. The van der Waals surface area contributed by atoms with Gasteiger partial charge in [0.15, 0.2) is 0 Å². The molecular formula is C11H24O. The van der Waals surface area contributed by atoms with Gasteiger partial charge < -0.3 is 5.11 Å². The van der Waals surface area contributed by atoms with Crippen molar-refractivity contribution in [1.82, 2.24) is 0 Å². The van der Waals surface area contributed by atoms with Crippen LogP contribution in [0, 0.1) is 11.8 Å². The van der Waals surface area contributed by atoms with Crippen LogP contribution < -0.4 is 0 Å². The van der Waals surface area contributed by atoms with Crippen LogP contribution in [-0.4, -0.2) is 11.2 Å². The molecule has 0 aromatic rings. The summed E-state index contributed by atoms with van der Waals surface area (Å²) in [5.74, 6) is 1.50. The van der Waals surface area contributed by atoms with E-state index in [-0.39, 0.29) is 6.10 Å². The van der Waals surface area contributed by atoms with E-state index in [1.165, 1.54) is 19.3 Å². The lowest BCUT2D eigenvalue weighted by Gasteiger charge is -2.17. The maximum absolute atomic E-state index is 9.17. The molecule has 1 N–H and O–H groups in total. The molecule has 3 atom stereocenters. The van der Waals surface area contributed by atoms with E-state index < -0.39 is 0 Å². The molecule has 0 aromatic heterocycles. The van der Waals surface area contributed by atoms with E-state index in [0.29, 0.717) is 5.92 Å². The summed E-state index contributed by atoms with van der Waals surface area (Å²) < 4.78 is 0. The van der Waals surface area contributed by atoms with Gasteiger partial charge in [0.25, 0.3) is 0 Å². The number of rotatable bonds is 6. The maximum Gasteiger partial charge on any atom is 0.0514 e. The van der Waals surface area contributed by atoms with Gasteiger partial charge in [0.05, 0.1) is 6.10 Å². The molecule has 0 bridgehead atoms. The normalized spacial score (nSPS) is 18.8. The van der Waals surface area contributed by atoms with Crippen LogP contribution in [0.3, 0.4) is 0 Å². The lowest BCUT2D eigenvalue weighted by molar-refractivity contribution is 0.156. The van der Waals surface area contributed by atoms with Crippen molar-refractivity contribution in [2.75, 3.05) is 0 Å². The van der Waals surface area contributed by atoms with Gasteiger partial charge in [-0.3, -0.25) is 0 Å². The van der Waals surface area contributed by atoms with Crippen molar-refractivity contribution < 1.29 is 5.11 Å². The molecule has 0 aliphatic rings. The molecule has 0 spiro atoms. The molecule has 0 heterocycles. The van der Waals surface area contributed by atoms with Crippen LogP contribution in [0.1, 0.15) is 53.4 Å². The van der Waals surface area contributed by atoms with Gasteiger partial charge in [0, 0.05) is 0 Å². The highest BCUT2D eigenvalue weighted by molar-refractivity contribution is 4.61. The van der Waals surface area contributed by atoms with E-state index in [4.69, 9.17) is 5.11 Å². The smallest absolute Gasteiger partial charge is 0.0514 e. The molecule has 0 aromatic carbocycles. The van der Waals surface area contributed by atoms with Gasteiger partial charge in [-0.05, 0) is 31.6 Å². The van der Waals surface area contributed by atoms with Crippen molar-refractivity contribution in [3.8, 4) is 0 Å². The Kier molecular flexibility index (Phi) is 6.45. The Morgan fingerprint density at radius 1 is 1.00 bits per heavy atom. The van der Waals surface area contributed by atoms with Crippen molar-refractivity contribution in [3.63, 3.8) is 0 Å². The number of hydrogen-bond acceptors (Lipinski definition) is 1. The second kappa shape index (κ2) is 6.47. The second-order valence-corrected chi connectivity index (χ2v) is 4.32. The van der Waals surface area contributed by atoms with Crippen LogP contribution in [0.25, 0.3) is 0 Å². The third kappa shape index (κ3) is 6.66. The Morgan fingerprint density at radius 2 is 1.58 bits per heavy atom. The first-order valence-corrected chi connectivity index (χ1v) is 5.24. The first kappa shape index (κ1) is 12.0. The highest BCUT2D eigenvalue weighted by Crippen LogP contribution is 2.19. The largest absolute Gasteiger partial charge is 0.393 e. The van der Waals surface area contributed by atoms with Gasteiger partial charge in [-0.15, -0.1) is 0 Å². The lowest BCUT2D eigenvalue weighted by atomic mass is 9.90. The van der Waals surface area contributed by atoms with Crippen molar-refractivity contribution in [3.05, 3.63) is 0 Å². The average molecular weight is 172 g/mol. The van der Waals surface area contributed by atoms with Crippen molar-refractivity contribution >= 4 is 0 Å². The van der Waals surface area contributed by atoms with Crippen LogP contribution in [0.15, 0.2) is 0 Å². The summed E-state index contributed by atoms with van der Waals surface area (Å²) in [6.07, 6.45) is 4.69. The summed E-state index contributed by atoms with van der Waals surface area (Å²) in [5, 5.41) is 9.17. The van der Waals surface area contributed by atoms with Crippen LogP contribution in [0.4, 0.5) is 0 Å². The van der Waals surface area contributed by atoms with E-state index in [2.05, 4.69) is 20.8 Å². The molecule has 0 saturated heterocycles. The van der Waals surface area contributed by atoms with E-state index in [1.807, 2.05) is 6.92 Å². The van der Waals surface area contributed by atoms with Crippen molar-refractivity contribution in [1.29, 1.82) is 0 Å². The summed E-state index contributed by atoms with van der Waals surface area (Å²) in [6, 6.07) is 0. The molecule has 0 fully saturated rings. The first-order chi connectivity index (χ1) is 5.56. The van der Waals surface area contributed by atoms with Gasteiger partial charge in [-0.2, -0.15) is 0 Å². The fourth-order valence-corrected chi connectivity index (χ4v) is 1.98. The zero-order valence-corrected chi connectivity index (χ0v) is 9.01. The molecule has 3 unspecified atom stereocenters. The van der Waals surface area contributed by atoms with Crippen LogP contribution in [0.5, 0.6) is 0 Å². The summed E-state index contributed by atoms with van der Waals surface area (Å²) in [5.41, 5.74) is 0. The standard InChI is InChI=1S/C11H24O/c1-5-6-9(2)7-10(3)8-11(4)12/h9-12H,5-8H2,1-4H3. The Balaban J connectivity index is 3.46. The maximum atomic E-state index is 9.17. The summed E-state index contributed by atoms with van der Waals surface area (Å²) in [4.78, 5) is 0. The predicted octanol–water partition coefficient (Wildman–Crippen LogP) is 3.22. The first-order valence-electron chi connectivity index (χ1n) is 5.24. The van der Waals surface area contributed by atoms with E-state index in [9.17, 15) is 0 Å². The SMILES string of the molecule is CCCC(C)CC(C)CC(C)O. The monoisotopic (exact) mass is 172 g/mol. The van der Waals surface area contributed by atoms with Crippen LogP contribution in [0.2, 0.25) is 0 Å². The zero-order valence-electron chi connectivity index (χ0n) is 9.01. The van der Waals surface area contributed by atoms with Crippen LogP contribution >= 0.6 is 0 Å². The minimum absolute atomic E-state index is 0.131. The number of aliphatic hydroxyl groups is 1. The minimum Gasteiger partial charge on any atom is -0.393 e. The van der Waals surface area contributed by atoms with Gasteiger partial charge in [-0.25, -0.2) is 0 Å². The predicted molar refractivity (Wildman–Crippen MR) is 54.2 cm³/mol. The fourth-order valence-electron chi connectivity index (χ4n) is 1.98. The molecule has 0 radical (unpaired) electrons. The fraction of sp³-hybridized carbons (Fsp3) is 1.00. The quantitative estimate of drug-likeness (QED) is 0.652. The Labute approximate surface area is 77.2 Å². The minimum atomic E-state index is -0.131. The van der Waals surface area contributed by atoms with E-state index in [0.717, 1.165) is 12.3 Å². The van der Waals surface area contributed by atoms with Crippen molar-refractivity contribution in [2.45, 2.75) is 59.5 Å². The van der Waals surface area contributed by atoms with Crippen molar-refractivity contribution in [2.24, 2.45) is 11.8 Å². The van der Waals surface area contributed by atoms with Crippen LogP contribution in [-0.2, 0) is 0 Å². The summed E-state index contributed by atoms with van der Waals surface area (Å²) >= 11 is 0. The molecule has 0 amide bonds. The Bertz CT molecular complexity index is 99.2. The van der Waals surface area contributed by atoms with Gasteiger partial charge in [0.2, 0.25) is 0 Å². The Hall–Kier alpha value is -0.0400. The zero-order chi connectivity index (χ0) is 9.56. The molecule has 0 rings (SSSR count). The molecule has 1 heteroatoms. The van der Waals surface area contributed by atoms with E-state index >= 15 is 0 Å². The lowest BCUT2D eigenvalue weighted by Crippen LogP contribution is -2.10. The van der Waals surface area contributed by atoms with Gasteiger partial charge in [-0.1, -0.05) is 33.6 Å². The Morgan fingerprint density at radius 3 is 2.00 bits per heavy atom.